The van der Waals surface area contributed by atoms with Gasteiger partial charge in [0.1, 0.15) is 11.0 Å². The van der Waals surface area contributed by atoms with E-state index in [1.165, 1.54) is 11.3 Å². The summed E-state index contributed by atoms with van der Waals surface area (Å²) in [6.07, 6.45) is 5.95. The number of carbonyl (C=O) groups excluding carboxylic acids is 1. The zero-order valence-corrected chi connectivity index (χ0v) is 23.7. The molecule has 0 aromatic carbocycles. The summed E-state index contributed by atoms with van der Waals surface area (Å²) in [4.78, 5) is 34.3. The Kier molecular flexibility index (Phi) is 8.64. The van der Waals surface area contributed by atoms with Crippen molar-refractivity contribution < 1.29 is 19.4 Å². The minimum Gasteiger partial charge on any atom is -0.477 e. The molecule has 2 aliphatic rings. The van der Waals surface area contributed by atoms with Crippen molar-refractivity contribution in [2.75, 3.05) is 32.5 Å². The molecule has 2 aromatic heterocycles. The molecule has 2 N–H and O–H groups in total. The highest BCUT2D eigenvalue weighted by atomic mass is 32.1. The van der Waals surface area contributed by atoms with Gasteiger partial charge in [0, 0.05) is 48.4 Å². The average molecular weight is 539 g/mol. The van der Waals surface area contributed by atoms with Crippen LogP contribution in [0.2, 0.25) is 0 Å². The summed E-state index contributed by atoms with van der Waals surface area (Å²) in [5, 5.41) is 13.1. The van der Waals surface area contributed by atoms with E-state index >= 15 is 0 Å². The zero-order chi connectivity index (χ0) is 27.4. The number of anilines is 1. The largest absolute Gasteiger partial charge is 0.477 e. The molecule has 8 nitrogen and oxygen atoms in total. The normalized spacial score (nSPS) is 21.6. The molecule has 1 unspecified atom stereocenters. The summed E-state index contributed by atoms with van der Waals surface area (Å²) in [5.74, 6) is 5.85. The van der Waals surface area contributed by atoms with Crippen LogP contribution in [0.1, 0.15) is 77.8 Å². The van der Waals surface area contributed by atoms with E-state index in [2.05, 4.69) is 27.0 Å². The number of aromatic carboxylic acids is 1. The number of carbonyl (C=O) groups is 2. The molecule has 4 rings (SSSR count). The fourth-order valence-corrected chi connectivity index (χ4v) is 5.63. The van der Waals surface area contributed by atoms with Crippen molar-refractivity contribution in [2.24, 2.45) is 5.41 Å². The van der Waals surface area contributed by atoms with Crippen LogP contribution < -0.4 is 10.1 Å². The zero-order valence-electron chi connectivity index (χ0n) is 22.9. The third-order valence-electron chi connectivity index (χ3n) is 6.97. The third kappa shape index (κ3) is 7.27. The van der Waals surface area contributed by atoms with Crippen molar-refractivity contribution in [3.8, 4) is 17.7 Å². The monoisotopic (exact) mass is 538 g/mol. The van der Waals surface area contributed by atoms with Crippen LogP contribution >= 0.6 is 11.3 Å². The summed E-state index contributed by atoms with van der Waals surface area (Å²) in [5.41, 5.74) is 1.09. The van der Waals surface area contributed by atoms with Gasteiger partial charge in [-0.3, -0.25) is 4.79 Å². The standard InChI is InChI=1S/C29H38N4O4S/c1-29(2,3)13-10-23-17-24(26(38-23)28(35)36)31-20-6-8-22(9-7-20)37-25-16-19(11-14-30-25)27(34)33-15-12-21(18-33)32(4)5/h11,14,16-17,20-22,31H,6-9,12,15,18H2,1-5H3,(H,35,36)/t20-,21?,22-. The van der Waals surface area contributed by atoms with Crippen LogP contribution in [0.15, 0.2) is 24.4 Å². The molecule has 1 atom stereocenters. The number of hydrogen-bond acceptors (Lipinski definition) is 7. The van der Waals surface area contributed by atoms with Crippen LogP contribution in [0.5, 0.6) is 5.88 Å². The van der Waals surface area contributed by atoms with Crippen LogP contribution in [0.3, 0.4) is 0 Å². The molecule has 38 heavy (non-hydrogen) atoms. The van der Waals surface area contributed by atoms with Gasteiger partial charge >= 0.3 is 5.97 Å². The van der Waals surface area contributed by atoms with E-state index in [0.29, 0.717) is 28.0 Å². The van der Waals surface area contributed by atoms with Gasteiger partial charge in [-0.25, -0.2) is 9.78 Å². The number of pyridine rings is 1. The predicted octanol–water partition coefficient (Wildman–Crippen LogP) is 4.82. The summed E-state index contributed by atoms with van der Waals surface area (Å²) in [7, 11) is 4.10. The fraction of sp³-hybridized carbons (Fsp3) is 0.552. The SMILES string of the molecule is CN(C)C1CCN(C(=O)c2ccnc(O[C@H]3CC[C@H](Nc4cc(C#CC(C)(C)C)sc4C(=O)O)CC3)c2)C1. The van der Waals surface area contributed by atoms with Crippen LogP contribution in [-0.4, -0.2) is 77.1 Å². The molecular formula is C29H38N4O4S. The number of rotatable bonds is 7. The number of likely N-dealkylation sites (N-methyl/N-ethyl adjacent to an activating group) is 1. The fourth-order valence-electron chi connectivity index (χ4n) is 4.82. The van der Waals surface area contributed by atoms with Gasteiger partial charge in [-0.15, -0.1) is 11.3 Å². The number of nitrogens with zero attached hydrogens (tertiary/aromatic N) is 3. The van der Waals surface area contributed by atoms with Crippen LogP contribution in [0, 0.1) is 17.3 Å². The molecule has 1 aliphatic heterocycles. The molecule has 0 radical (unpaired) electrons. The summed E-state index contributed by atoms with van der Waals surface area (Å²) in [6.45, 7) is 7.59. The van der Waals surface area contributed by atoms with Gasteiger partial charge < -0.3 is 25.0 Å². The first-order valence-electron chi connectivity index (χ1n) is 13.2. The maximum absolute atomic E-state index is 13.0. The molecule has 0 spiro atoms. The number of thiophene rings is 1. The molecule has 3 heterocycles. The lowest BCUT2D eigenvalue weighted by atomic mass is 9.92. The van der Waals surface area contributed by atoms with Gasteiger partial charge in [0.05, 0.1) is 10.6 Å². The molecule has 1 saturated heterocycles. The second kappa shape index (κ2) is 11.7. The summed E-state index contributed by atoms with van der Waals surface area (Å²) < 4.78 is 6.17. The van der Waals surface area contributed by atoms with Gasteiger partial charge in [-0.2, -0.15) is 0 Å². The van der Waals surface area contributed by atoms with Gasteiger partial charge in [-0.1, -0.05) is 11.8 Å². The van der Waals surface area contributed by atoms with Crippen LogP contribution in [0.25, 0.3) is 0 Å². The highest BCUT2D eigenvalue weighted by Crippen LogP contribution is 2.31. The second-order valence-corrected chi connectivity index (χ2v) is 12.5. The van der Waals surface area contributed by atoms with Crippen molar-refractivity contribution in [1.29, 1.82) is 0 Å². The lowest BCUT2D eigenvalue weighted by Crippen LogP contribution is -2.34. The Morgan fingerprint density at radius 2 is 1.92 bits per heavy atom. The van der Waals surface area contributed by atoms with Gasteiger partial charge in [0.25, 0.3) is 5.91 Å². The highest BCUT2D eigenvalue weighted by Gasteiger charge is 2.29. The Balaban J connectivity index is 1.32. The first-order valence-corrected chi connectivity index (χ1v) is 14.1. The number of nitrogens with one attached hydrogen (secondary N) is 1. The predicted molar refractivity (Wildman–Crippen MR) is 150 cm³/mol. The Morgan fingerprint density at radius 1 is 1.18 bits per heavy atom. The number of hydrogen-bond donors (Lipinski definition) is 2. The minimum atomic E-state index is -0.940. The molecule has 204 valence electrons. The Labute approximate surface area is 229 Å². The van der Waals surface area contributed by atoms with Crippen LogP contribution in [0.4, 0.5) is 5.69 Å². The lowest BCUT2D eigenvalue weighted by Gasteiger charge is -2.29. The number of carboxylic acid groups (broad SMARTS) is 1. The quantitative estimate of drug-likeness (QED) is 0.488. The summed E-state index contributed by atoms with van der Waals surface area (Å²) >= 11 is 1.21. The molecule has 2 aromatic rings. The molecule has 1 amide bonds. The van der Waals surface area contributed by atoms with Gasteiger partial charge in [0.15, 0.2) is 0 Å². The summed E-state index contributed by atoms with van der Waals surface area (Å²) in [6, 6.07) is 5.90. The van der Waals surface area contributed by atoms with E-state index in [4.69, 9.17) is 4.74 Å². The maximum Gasteiger partial charge on any atom is 0.348 e. The minimum absolute atomic E-state index is 0.00504. The van der Waals surface area contributed by atoms with Crippen molar-refractivity contribution >= 4 is 28.9 Å². The van der Waals surface area contributed by atoms with E-state index in [1.54, 1.807) is 18.3 Å². The van der Waals surface area contributed by atoms with E-state index in [9.17, 15) is 14.7 Å². The second-order valence-electron chi connectivity index (χ2n) is 11.4. The number of aromatic nitrogens is 1. The topological polar surface area (TPSA) is 95.0 Å². The molecule has 0 bridgehead atoms. The molecule has 2 fully saturated rings. The molecular weight excluding hydrogens is 500 g/mol. The van der Waals surface area contributed by atoms with Gasteiger partial charge in [0.2, 0.25) is 5.88 Å². The maximum atomic E-state index is 13.0. The van der Waals surface area contributed by atoms with Crippen molar-refractivity contribution in [3.05, 3.63) is 39.7 Å². The van der Waals surface area contributed by atoms with Crippen molar-refractivity contribution in [3.63, 3.8) is 0 Å². The lowest BCUT2D eigenvalue weighted by molar-refractivity contribution is 0.0702. The van der Waals surface area contributed by atoms with E-state index < -0.39 is 5.97 Å². The Bertz CT molecular complexity index is 1220. The van der Waals surface area contributed by atoms with Crippen LogP contribution in [-0.2, 0) is 0 Å². The van der Waals surface area contributed by atoms with Gasteiger partial charge in [-0.05, 0) is 79.1 Å². The number of ether oxygens (including phenoxy) is 1. The first kappa shape index (κ1) is 27.9. The van der Waals surface area contributed by atoms with E-state index in [0.717, 1.165) is 50.1 Å². The Morgan fingerprint density at radius 3 is 2.55 bits per heavy atom. The average Bonchev–Trinajstić information content (AvgIpc) is 3.51. The molecule has 1 aliphatic carbocycles. The number of carboxylic acids is 1. The highest BCUT2D eigenvalue weighted by molar-refractivity contribution is 7.15. The smallest absolute Gasteiger partial charge is 0.348 e. The molecule has 1 saturated carbocycles. The van der Waals surface area contributed by atoms with Crippen molar-refractivity contribution in [2.45, 2.75) is 71.1 Å². The first-order chi connectivity index (χ1) is 18.0. The van der Waals surface area contributed by atoms with Crippen molar-refractivity contribution in [1.82, 2.24) is 14.8 Å². The molecule has 9 heteroatoms. The Hall–Kier alpha value is -3.09. The third-order valence-corrected chi connectivity index (χ3v) is 8.01. The number of likely N-dealkylation sites (tertiary alicyclic amines) is 1. The number of amides is 1. The van der Waals surface area contributed by atoms with E-state index in [1.807, 2.05) is 45.8 Å². The van der Waals surface area contributed by atoms with E-state index in [-0.39, 0.29) is 23.5 Å².